The van der Waals surface area contributed by atoms with E-state index in [0.717, 1.165) is 25.7 Å². The molecule has 0 saturated carbocycles. The summed E-state index contributed by atoms with van der Waals surface area (Å²) in [6.45, 7) is 9.35. The van der Waals surface area contributed by atoms with Crippen LogP contribution in [-0.4, -0.2) is 109 Å². The Morgan fingerprint density at radius 1 is 1.04 bits per heavy atom. The van der Waals surface area contributed by atoms with Gasteiger partial charge in [0.05, 0.1) is 44.6 Å². The van der Waals surface area contributed by atoms with Gasteiger partial charge in [-0.15, -0.1) is 6.58 Å². The highest BCUT2D eigenvalue weighted by Gasteiger charge is 2.57. The first kappa shape index (κ1) is 42.8. The minimum atomic E-state index is -2.27. The van der Waals surface area contributed by atoms with E-state index in [1.165, 1.54) is 13.2 Å². The first-order chi connectivity index (χ1) is 24.3. The number of aliphatic hydroxyl groups excluding tert-OH is 2. The van der Waals surface area contributed by atoms with Crippen molar-refractivity contribution in [3.05, 3.63) is 36.5 Å². The Labute approximate surface area is 302 Å². The number of hydrogen-bond acceptors (Lipinski definition) is 13. The molecule has 51 heavy (non-hydrogen) atoms. The zero-order valence-electron chi connectivity index (χ0n) is 30.8. The van der Waals surface area contributed by atoms with Crippen molar-refractivity contribution in [1.82, 2.24) is 0 Å². The Balaban J connectivity index is 2.04. The predicted molar refractivity (Wildman–Crippen MR) is 186 cm³/mol. The van der Waals surface area contributed by atoms with Gasteiger partial charge < -0.3 is 48.5 Å². The smallest absolute Gasteiger partial charge is 0.330 e. The molecule has 3 N–H and O–H groups in total. The van der Waals surface area contributed by atoms with Crippen LogP contribution in [0.15, 0.2) is 36.5 Å². The van der Waals surface area contributed by atoms with Crippen molar-refractivity contribution in [1.29, 1.82) is 0 Å². The van der Waals surface area contributed by atoms with Gasteiger partial charge in [-0.3, -0.25) is 9.59 Å². The molecule has 4 bridgehead atoms. The standard InChI is InChI=1S/C38H60O13/c1-6-8-9-10-11-13-32(41)50-36-26(21-33(42)45-5)20-30-24-31(25-39)47-34(43)22-27(40)15-18-46-19-16-29-23-28(12-7-2)48-35(49-29)14-17-37(3,4)38(36,44)51-30/h7,14,17,21,27-31,35-36,39-40,44H,2,6,8-13,15-16,18-20,22-25H2,1,3-5H3/b17-14+,26-21+/t27-,28?,29?,30+,31?,35+,36+,38-/m1/s1. The van der Waals surface area contributed by atoms with E-state index in [-0.39, 0.29) is 56.5 Å². The molecule has 13 nitrogen and oxygen atoms in total. The van der Waals surface area contributed by atoms with Crippen molar-refractivity contribution in [3.8, 4) is 0 Å². The van der Waals surface area contributed by atoms with Crippen LogP contribution in [-0.2, 0) is 47.5 Å². The largest absolute Gasteiger partial charge is 0.466 e. The summed E-state index contributed by atoms with van der Waals surface area (Å²) < 4.78 is 41.0. The summed E-state index contributed by atoms with van der Waals surface area (Å²) in [5.41, 5.74) is -1.08. The molecule has 13 heteroatoms. The van der Waals surface area contributed by atoms with E-state index >= 15 is 0 Å². The Bertz CT molecular complexity index is 1180. The first-order valence-corrected chi connectivity index (χ1v) is 18.4. The summed E-state index contributed by atoms with van der Waals surface area (Å²) in [4.78, 5) is 38.7. The fraction of sp³-hybridized carbons (Fsp3) is 0.763. The maximum absolute atomic E-state index is 13.3. The average Bonchev–Trinajstić information content (AvgIpc) is 3.08. The number of methoxy groups -OCH3 is 1. The summed E-state index contributed by atoms with van der Waals surface area (Å²) in [6.07, 6.45) is 6.85. The Hall–Kier alpha value is -2.65. The average molecular weight is 725 g/mol. The maximum atomic E-state index is 13.3. The molecule has 8 atom stereocenters. The van der Waals surface area contributed by atoms with Gasteiger partial charge in [0, 0.05) is 44.0 Å². The lowest BCUT2D eigenvalue weighted by atomic mass is 9.74. The minimum absolute atomic E-state index is 0.0145. The summed E-state index contributed by atoms with van der Waals surface area (Å²) >= 11 is 0. The van der Waals surface area contributed by atoms with Crippen LogP contribution >= 0.6 is 0 Å². The lowest BCUT2D eigenvalue weighted by Gasteiger charge is -2.51. The second-order valence-corrected chi connectivity index (χ2v) is 14.2. The van der Waals surface area contributed by atoms with E-state index in [4.69, 9.17) is 33.2 Å². The molecular weight excluding hydrogens is 664 g/mol. The number of unbranched alkanes of at least 4 members (excludes halogenated alkanes) is 4. The van der Waals surface area contributed by atoms with E-state index in [0.29, 0.717) is 32.3 Å². The molecule has 3 unspecified atom stereocenters. The van der Waals surface area contributed by atoms with Crippen molar-refractivity contribution in [3.63, 3.8) is 0 Å². The molecule has 2 saturated heterocycles. The highest BCUT2D eigenvalue weighted by molar-refractivity contribution is 5.83. The van der Waals surface area contributed by atoms with E-state index in [1.54, 1.807) is 32.1 Å². The topological polar surface area (TPSA) is 177 Å². The fourth-order valence-electron chi connectivity index (χ4n) is 6.55. The second kappa shape index (κ2) is 21.2. The number of rotatable bonds is 11. The number of carbonyl (C=O) groups is 3. The van der Waals surface area contributed by atoms with E-state index in [1.807, 2.05) is 0 Å². The van der Waals surface area contributed by atoms with E-state index in [2.05, 4.69) is 13.5 Å². The molecule has 0 amide bonds. The summed E-state index contributed by atoms with van der Waals surface area (Å²) in [6, 6.07) is 0. The Morgan fingerprint density at radius 2 is 1.76 bits per heavy atom. The zero-order chi connectivity index (χ0) is 37.4. The Kier molecular flexibility index (Phi) is 17.7. The molecule has 0 spiro atoms. The number of esters is 3. The van der Waals surface area contributed by atoms with Gasteiger partial charge in [-0.25, -0.2) is 4.79 Å². The van der Waals surface area contributed by atoms with E-state index < -0.39 is 66.4 Å². The molecule has 3 aliphatic heterocycles. The highest BCUT2D eigenvalue weighted by Crippen LogP contribution is 2.47. The van der Waals surface area contributed by atoms with Crippen LogP contribution in [0.2, 0.25) is 0 Å². The minimum Gasteiger partial charge on any atom is -0.466 e. The van der Waals surface area contributed by atoms with Gasteiger partial charge in [0.1, 0.15) is 6.10 Å². The fourth-order valence-corrected chi connectivity index (χ4v) is 6.55. The zero-order valence-corrected chi connectivity index (χ0v) is 30.8. The highest BCUT2D eigenvalue weighted by atomic mass is 16.7. The van der Waals surface area contributed by atoms with Crippen molar-refractivity contribution >= 4 is 17.9 Å². The van der Waals surface area contributed by atoms with Gasteiger partial charge in [0.15, 0.2) is 12.4 Å². The van der Waals surface area contributed by atoms with Gasteiger partial charge in [-0.1, -0.05) is 58.6 Å². The van der Waals surface area contributed by atoms with Crippen LogP contribution in [0.4, 0.5) is 0 Å². The summed E-state index contributed by atoms with van der Waals surface area (Å²) in [5.74, 6) is -4.29. The molecular formula is C38H60O13. The molecule has 3 rings (SSSR count). The second-order valence-electron chi connectivity index (χ2n) is 14.2. The quantitative estimate of drug-likeness (QED) is 0.0902. The van der Waals surface area contributed by atoms with Crippen LogP contribution < -0.4 is 0 Å². The third-order valence-corrected chi connectivity index (χ3v) is 9.55. The molecule has 0 aromatic carbocycles. The Morgan fingerprint density at radius 3 is 2.47 bits per heavy atom. The summed E-state index contributed by atoms with van der Waals surface area (Å²) in [7, 11) is 1.21. The van der Waals surface area contributed by atoms with Crippen LogP contribution in [0, 0.1) is 5.41 Å². The van der Waals surface area contributed by atoms with Crippen molar-refractivity contribution in [2.45, 2.75) is 153 Å². The predicted octanol–water partition coefficient (Wildman–Crippen LogP) is 4.35. The van der Waals surface area contributed by atoms with Gasteiger partial charge in [-0.05, 0) is 43.8 Å². The molecule has 0 aliphatic carbocycles. The molecule has 2 fully saturated rings. The number of ether oxygens (including phenoxy) is 7. The van der Waals surface area contributed by atoms with Crippen LogP contribution in [0.25, 0.3) is 0 Å². The monoisotopic (exact) mass is 724 g/mol. The number of hydrogen-bond donors (Lipinski definition) is 3. The van der Waals surface area contributed by atoms with Crippen LogP contribution in [0.1, 0.15) is 104 Å². The van der Waals surface area contributed by atoms with E-state index in [9.17, 15) is 29.7 Å². The first-order valence-electron chi connectivity index (χ1n) is 18.4. The third kappa shape index (κ3) is 13.4. The number of carbonyl (C=O) groups excluding carboxylic acids is 3. The van der Waals surface area contributed by atoms with Crippen LogP contribution in [0.5, 0.6) is 0 Å². The lowest BCUT2D eigenvalue weighted by Crippen LogP contribution is -2.62. The summed E-state index contributed by atoms with van der Waals surface area (Å²) in [5, 5.41) is 33.3. The third-order valence-electron chi connectivity index (χ3n) is 9.55. The molecule has 3 heterocycles. The molecule has 0 aromatic heterocycles. The molecule has 3 aliphatic rings. The number of cyclic esters (lactones) is 1. The SMILES string of the molecule is C=CCC1CC2CCOCC[C@@H](O)CC(=O)OC(CO)C[C@@H]3C/C(=C\C(=O)OC)[C@H](OC(=O)CCCCCCC)[C@@](O)(O3)C(C)(C)/C=C/[C@@H](O1)O2. The van der Waals surface area contributed by atoms with Crippen LogP contribution in [0.3, 0.4) is 0 Å². The maximum Gasteiger partial charge on any atom is 0.330 e. The number of aliphatic hydroxyl groups is 3. The van der Waals surface area contributed by atoms with Gasteiger partial charge >= 0.3 is 17.9 Å². The normalized spacial score (nSPS) is 33.7. The van der Waals surface area contributed by atoms with Crippen molar-refractivity contribution in [2.24, 2.45) is 5.41 Å². The van der Waals surface area contributed by atoms with Crippen molar-refractivity contribution < 1.29 is 62.9 Å². The van der Waals surface area contributed by atoms with Gasteiger partial charge in [0.25, 0.3) is 0 Å². The molecule has 290 valence electrons. The van der Waals surface area contributed by atoms with Gasteiger partial charge in [0.2, 0.25) is 5.79 Å². The number of fused-ring (bicyclic) bond motifs is 4. The molecule has 0 radical (unpaired) electrons. The lowest BCUT2D eigenvalue weighted by molar-refractivity contribution is -0.327. The molecule has 0 aromatic rings. The van der Waals surface area contributed by atoms with Crippen molar-refractivity contribution in [2.75, 3.05) is 26.9 Å². The van der Waals surface area contributed by atoms with Gasteiger partial charge in [-0.2, -0.15) is 0 Å².